The van der Waals surface area contributed by atoms with Gasteiger partial charge in [0.2, 0.25) is 0 Å². The van der Waals surface area contributed by atoms with E-state index >= 15 is 0 Å². The van der Waals surface area contributed by atoms with Gasteiger partial charge in [0.15, 0.2) is 5.43 Å². The number of nitrogens with zero attached hydrogens (tertiary/aromatic N) is 1. The molecule has 152 valence electrons. The van der Waals surface area contributed by atoms with Gasteiger partial charge in [0, 0.05) is 35.3 Å². The zero-order valence-electron chi connectivity index (χ0n) is 17.0. The number of pyridine rings is 2. The van der Waals surface area contributed by atoms with Crippen LogP contribution in [0.4, 0.5) is 0 Å². The molecule has 0 aliphatic carbocycles. The van der Waals surface area contributed by atoms with E-state index in [1.807, 2.05) is 67.6 Å². The maximum absolute atomic E-state index is 12.1. The minimum absolute atomic E-state index is 0.0393. The number of nitrogens with one attached hydrogen (secondary N) is 1. The minimum atomic E-state index is -0.0393. The number of ether oxygens (including phenoxy) is 2. The van der Waals surface area contributed by atoms with E-state index in [2.05, 4.69) is 9.97 Å². The van der Waals surface area contributed by atoms with E-state index in [0.717, 1.165) is 22.3 Å². The molecule has 0 spiro atoms. The lowest BCUT2D eigenvalue weighted by Crippen LogP contribution is -2.01. The molecule has 0 radical (unpaired) electrons. The Morgan fingerprint density at radius 2 is 1.74 bits per heavy atom. The summed E-state index contributed by atoms with van der Waals surface area (Å²) in [5, 5.41) is 1.43. The smallest absolute Gasteiger partial charge is 0.189 e. The highest BCUT2D eigenvalue weighted by atomic mass is 16.5. The zero-order chi connectivity index (χ0) is 21.2. The highest BCUT2D eigenvalue weighted by Gasteiger charge is 2.11. The van der Waals surface area contributed by atoms with Crippen molar-refractivity contribution >= 4 is 21.8 Å². The number of fused-ring (bicyclic) bond motifs is 3. The van der Waals surface area contributed by atoms with Gasteiger partial charge in [-0.2, -0.15) is 0 Å². The van der Waals surface area contributed by atoms with Crippen LogP contribution in [0.25, 0.3) is 21.8 Å². The van der Waals surface area contributed by atoms with Crippen LogP contribution >= 0.6 is 0 Å². The Bertz CT molecular complexity index is 1440. The van der Waals surface area contributed by atoms with Crippen LogP contribution in [0, 0.1) is 6.92 Å². The molecule has 0 unspecified atom stereocenters. The molecule has 5 aromatic rings. The van der Waals surface area contributed by atoms with E-state index in [9.17, 15) is 4.79 Å². The number of aryl methyl sites for hydroxylation is 1. The predicted molar refractivity (Wildman–Crippen MR) is 122 cm³/mol. The van der Waals surface area contributed by atoms with Crippen LogP contribution in [-0.2, 0) is 6.61 Å². The van der Waals surface area contributed by atoms with Gasteiger partial charge < -0.3 is 14.5 Å². The molecule has 0 atom stereocenters. The van der Waals surface area contributed by atoms with Gasteiger partial charge in [-0.05, 0) is 42.3 Å². The number of rotatable bonds is 5. The highest BCUT2D eigenvalue weighted by molar-refractivity contribution is 6.04. The summed E-state index contributed by atoms with van der Waals surface area (Å²) >= 11 is 0. The van der Waals surface area contributed by atoms with Crippen LogP contribution in [0.3, 0.4) is 0 Å². The molecule has 0 bridgehead atoms. The van der Waals surface area contributed by atoms with Crippen molar-refractivity contribution in [2.24, 2.45) is 0 Å². The first-order chi connectivity index (χ1) is 15.2. The van der Waals surface area contributed by atoms with Crippen molar-refractivity contribution in [3.8, 4) is 17.2 Å². The van der Waals surface area contributed by atoms with Gasteiger partial charge >= 0.3 is 0 Å². The van der Waals surface area contributed by atoms with Crippen molar-refractivity contribution in [1.29, 1.82) is 0 Å². The summed E-state index contributed by atoms with van der Waals surface area (Å²) in [5.41, 5.74) is 3.50. The van der Waals surface area contributed by atoms with Crippen LogP contribution in [0.2, 0.25) is 0 Å². The van der Waals surface area contributed by atoms with Gasteiger partial charge in [0.25, 0.3) is 0 Å². The fourth-order valence-electron chi connectivity index (χ4n) is 3.59. The second-order valence-electron chi connectivity index (χ2n) is 7.34. The number of H-pyrrole nitrogens is 1. The van der Waals surface area contributed by atoms with Crippen LogP contribution in [0.1, 0.15) is 11.1 Å². The molecule has 0 amide bonds. The number of hydrogen-bond acceptors (Lipinski definition) is 4. The Hall–Kier alpha value is -4.12. The predicted octanol–water partition coefficient (Wildman–Crippen LogP) is 5.76. The summed E-state index contributed by atoms with van der Waals surface area (Å²) in [5.74, 6) is 2.10. The maximum Gasteiger partial charge on any atom is 0.189 e. The Balaban J connectivity index is 1.48. The maximum atomic E-state index is 12.1. The van der Waals surface area contributed by atoms with Crippen molar-refractivity contribution < 1.29 is 9.47 Å². The average Bonchev–Trinajstić information content (AvgIpc) is 2.80. The standard InChI is InChI=1S/C26H20N2O3/c1-17-7-8-19(15-24(17)30-16-18-5-3-2-4-6-18)31-23-12-14-28-26-21(23)10-9-20-22(29)11-13-27-25(20)26/h2-15H,16H2,1H3,(H,27,29). The Kier molecular flexibility index (Phi) is 4.84. The Morgan fingerprint density at radius 3 is 2.61 bits per heavy atom. The zero-order valence-corrected chi connectivity index (χ0v) is 17.0. The second kappa shape index (κ2) is 7.95. The van der Waals surface area contributed by atoms with E-state index < -0.39 is 0 Å². The van der Waals surface area contributed by atoms with E-state index in [-0.39, 0.29) is 5.43 Å². The average molecular weight is 408 g/mol. The van der Waals surface area contributed by atoms with E-state index in [1.54, 1.807) is 18.5 Å². The molecule has 0 aliphatic heterocycles. The third-order valence-electron chi connectivity index (χ3n) is 5.23. The van der Waals surface area contributed by atoms with Gasteiger partial charge in [-0.15, -0.1) is 0 Å². The summed E-state index contributed by atoms with van der Waals surface area (Å²) in [6.07, 6.45) is 3.32. The van der Waals surface area contributed by atoms with Crippen molar-refractivity contribution in [3.63, 3.8) is 0 Å². The summed E-state index contributed by atoms with van der Waals surface area (Å²) in [7, 11) is 0. The van der Waals surface area contributed by atoms with Gasteiger partial charge in [-0.1, -0.05) is 36.4 Å². The van der Waals surface area contributed by atoms with Gasteiger partial charge in [-0.3, -0.25) is 9.78 Å². The molecular formula is C26H20N2O3. The summed E-state index contributed by atoms with van der Waals surface area (Å²) in [6, 6.07) is 22.8. The largest absolute Gasteiger partial charge is 0.488 e. The van der Waals surface area contributed by atoms with Crippen molar-refractivity contribution in [1.82, 2.24) is 9.97 Å². The number of aromatic amines is 1. The molecule has 5 rings (SSSR count). The first kappa shape index (κ1) is 18.9. The molecule has 31 heavy (non-hydrogen) atoms. The van der Waals surface area contributed by atoms with Gasteiger partial charge in [0.1, 0.15) is 23.9 Å². The van der Waals surface area contributed by atoms with E-state index in [0.29, 0.717) is 34.5 Å². The highest BCUT2D eigenvalue weighted by Crippen LogP contribution is 2.33. The Morgan fingerprint density at radius 1 is 0.903 bits per heavy atom. The minimum Gasteiger partial charge on any atom is -0.488 e. The first-order valence-corrected chi connectivity index (χ1v) is 10.0. The fourth-order valence-corrected chi connectivity index (χ4v) is 3.59. The van der Waals surface area contributed by atoms with E-state index in [1.165, 1.54) is 6.07 Å². The van der Waals surface area contributed by atoms with Gasteiger partial charge in [-0.25, -0.2) is 0 Å². The number of benzene rings is 3. The molecule has 0 fully saturated rings. The lowest BCUT2D eigenvalue weighted by Gasteiger charge is -2.13. The normalized spacial score (nSPS) is 11.0. The van der Waals surface area contributed by atoms with Crippen molar-refractivity contribution in [2.45, 2.75) is 13.5 Å². The van der Waals surface area contributed by atoms with Gasteiger partial charge in [0.05, 0.1) is 11.0 Å². The molecule has 0 aliphatic rings. The summed E-state index contributed by atoms with van der Waals surface area (Å²) < 4.78 is 12.2. The molecule has 1 N–H and O–H groups in total. The number of aromatic nitrogens is 2. The fraction of sp³-hybridized carbons (Fsp3) is 0.0769. The monoisotopic (exact) mass is 408 g/mol. The molecule has 2 heterocycles. The van der Waals surface area contributed by atoms with Crippen LogP contribution < -0.4 is 14.9 Å². The molecule has 5 nitrogen and oxygen atoms in total. The third-order valence-corrected chi connectivity index (χ3v) is 5.23. The third kappa shape index (κ3) is 3.73. The molecule has 0 saturated carbocycles. The van der Waals surface area contributed by atoms with Crippen molar-refractivity contribution in [3.05, 3.63) is 107 Å². The molecule has 0 saturated heterocycles. The Labute approximate surface area is 178 Å². The number of hydrogen-bond donors (Lipinski definition) is 1. The quantitative estimate of drug-likeness (QED) is 0.376. The molecule has 5 heteroatoms. The summed E-state index contributed by atoms with van der Waals surface area (Å²) in [6.45, 7) is 2.50. The van der Waals surface area contributed by atoms with Crippen molar-refractivity contribution in [2.75, 3.05) is 0 Å². The summed E-state index contributed by atoms with van der Waals surface area (Å²) in [4.78, 5) is 19.7. The van der Waals surface area contributed by atoms with Crippen LogP contribution in [0.15, 0.2) is 90.0 Å². The SMILES string of the molecule is Cc1ccc(Oc2ccnc3c2ccc2c(=O)cc[nH]c23)cc1OCc1ccccc1. The lowest BCUT2D eigenvalue weighted by molar-refractivity contribution is 0.302. The second-order valence-corrected chi connectivity index (χ2v) is 7.34. The molecule has 2 aromatic heterocycles. The van der Waals surface area contributed by atoms with Crippen LogP contribution in [0.5, 0.6) is 17.2 Å². The van der Waals surface area contributed by atoms with E-state index in [4.69, 9.17) is 9.47 Å². The molecule has 3 aromatic carbocycles. The first-order valence-electron chi connectivity index (χ1n) is 10.0. The molecular weight excluding hydrogens is 388 g/mol. The van der Waals surface area contributed by atoms with Crippen LogP contribution in [-0.4, -0.2) is 9.97 Å². The topological polar surface area (TPSA) is 64.2 Å². The lowest BCUT2D eigenvalue weighted by atomic mass is 10.1.